The van der Waals surface area contributed by atoms with Crippen LogP contribution in [0.25, 0.3) is 33.6 Å². The first-order chi connectivity index (χ1) is 11.3. The quantitative estimate of drug-likeness (QED) is 0.618. The average Bonchev–Trinajstić information content (AvgIpc) is 3.24. The summed E-state index contributed by atoms with van der Waals surface area (Å²) in [4.78, 5) is 27.7. The molecule has 0 bridgehead atoms. The van der Waals surface area contributed by atoms with Gasteiger partial charge in [-0.3, -0.25) is 9.78 Å². The highest BCUT2D eigenvalue weighted by atomic mass is 32.1. The molecule has 5 nitrogen and oxygen atoms in total. The number of thiophene rings is 1. The third kappa shape index (κ3) is 2.84. The van der Waals surface area contributed by atoms with Crippen molar-refractivity contribution in [2.24, 2.45) is 0 Å². The number of thiazole rings is 1. The molecule has 0 amide bonds. The Balaban J connectivity index is 1.65. The molecule has 23 heavy (non-hydrogen) atoms. The van der Waals surface area contributed by atoms with E-state index in [1.54, 1.807) is 47.2 Å². The van der Waals surface area contributed by atoms with Crippen LogP contribution in [0.1, 0.15) is 11.5 Å². The Bertz CT molecular complexity index is 1050. The van der Waals surface area contributed by atoms with E-state index in [0.717, 1.165) is 16.3 Å². The Morgan fingerprint density at radius 1 is 1.13 bits per heavy atom. The molecule has 0 spiro atoms. The van der Waals surface area contributed by atoms with Gasteiger partial charge >= 0.3 is 0 Å². The second kappa shape index (κ2) is 5.86. The predicted molar refractivity (Wildman–Crippen MR) is 94.5 cm³/mol. The van der Waals surface area contributed by atoms with Crippen LogP contribution in [0.2, 0.25) is 0 Å². The zero-order chi connectivity index (χ0) is 15.6. The van der Waals surface area contributed by atoms with Crippen molar-refractivity contribution in [2.75, 3.05) is 0 Å². The van der Waals surface area contributed by atoms with Gasteiger partial charge in [0, 0.05) is 22.5 Å². The van der Waals surface area contributed by atoms with Crippen LogP contribution >= 0.6 is 22.7 Å². The molecule has 4 rings (SSSR count). The Kier molecular flexibility index (Phi) is 3.57. The molecule has 7 heteroatoms. The van der Waals surface area contributed by atoms with Crippen molar-refractivity contribution in [1.82, 2.24) is 19.9 Å². The third-order valence-corrected chi connectivity index (χ3v) is 4.82. The lowest BCUT2D eigenvalue weighted by atomic mass is 10.3. The van der Waals surface area contributed by atoms with Crippen molar-refractivity contribution in [3.8, 4) is 10.6 Å². The molecule has 0 aromatic carbocycles. The first-order valence-electron chi connectivity index (χ1n) is 6.80. The summed E-state index contributed by atoms with van der Waals surface area (Å²) in [6, 6.07) is 3.70. The van der Waals surface area contributed by atoms with E-state index in [1.807, 2.05) is 22.9 Å². The third-order valence-electron chi connectivity index (χ3n) is 3.23. The number of nitrogens with zero attached hydrogens (tertiary/aromatic N) is 3. The highest BCUT2D eigenvalue weighted by Gasteiger charge is 2.04. The topological polar surface area (TPSA) is 71.5 Å². The number of hydrogen-bond donors (Lipinski definition) is 1. The van der Waals surface area contributed by atoms with Gasteiger partial charge in [0.05, 0.1) is 22.8 Å². The van der Waals surface area contributed by atoms with E-state index in [9.17, 15) is 4.79 Å². The maximum Gasteiger partial charge on any atom is 0.259 e. The molecule has 112 valence electrons. The van der Waals surface area contributed by atoms with Crippen molar-refractivity contribution >= 4 is 45.7 Å². The first kappa shape index (κ1) is 14.0. The number of pyridine rings is 1. The van der Waals surface area contributed by atoms with Gasteiger partial charge in [0.15, 0.2) is 0 Å². The summed E-state index contributed by atoms with van der Waals surface area (Å²) in [6.45, 7) is 0. The molecule has 4 aromatic heterocycles. The second-order valence-electron chi connectivity index (χ2n) is 4.77. The minimum absolute atomic E-state index is 0.172. The number of hydrogen-bond acceptors (Lipinski definition) is 6. The van der Waals surface area contributed by atoms with Crippen LogP contribution in [0.4, 0.5) is 0 Å². The number of fused-ring (bicyclic) bond motifs is 1. The van der Waals surface area contributed by atoms with Gasteiger partial charge in [-0.1, -0.05) is 0 Å². The Morgan fingerprint density at radius 3 is 2.96 bits per heavy atom. The molecule has 0 unspecified atom stereocenters. The molecule has 4 heterocycles. The smallest absolute Gasteiger partial charge is 0.259 e. The lowest BCUT2D eigenvalue weighted by Crippen LogP contribution is -2.09. The highest BCUT2D eigenvalue weighted by Crippen LogP contribution is 2.26. The highest BCUT2D eigenvalue weighted by molar-refractivity contribution is 7.14. The Hall–Kier alpha value is -2.64. The average molecular weight is 338 g/mol. The summed E-state index contributed by atoms with van der Waals surface area (Å²) in [5.41, 5.74) is 2.37. The standard InChI is InChI=1S/C16H10N4OS2/c21-15-12-3-5-17-7-13(12)19-14(20-15)2-1-11-9-23-16(18-11)10-4-6-22-8-10/h1-9H,(H,19,20,21). The summed E-state index contributed by atoms with van der Waals surface area (Å²) >= 11 is 3.24. The molecule has 0 aliphatic heterocycles. The maximum atomic E-state index is 12.0. The molecule has 4 aromatic rings. The Labute approximate surface area is 139 Å². The molecule has 0 aliphatic carbocycles. The van der Waals surface area contributed by atoms with E-state index in [-0.39, 0.29) is 5.56 Å². The van der Waals surface area contributed by atoms with Gasteiger partial charge in [-0.25, -0.2) is 9.97 Å². The predicted octanol–water partition coefficient (Wildman–Crippen LogP) is 3.67. The van der Waals surface area contributed by atoms with Crippen molar-refractivity contribution in [2.45, 2.75) is 0 Å². The van der Waals surface area contributed by atoms with E-state index in [4.69, 9.17) is 0 Å². The minimum atomic E-state index is -0.172. The number of aromatic amines is 1. The summed E-state index contributed by atoms with van der Waals surface area (Å²) in [5, 5.41) is 7.59. The van der Waals surface area contributed by atoms with E-state index in [0.29, 0.717) is 16.7 Å². The van der Waals surface area contributed by atoms with E-state index >= 15 is 0 Å². The van der Waals surface area contributed by atoms with Crippen LogP contribution in [-0.2, 0) is 0 Å². The molecule has 0 atom stereocenters. The van der Waals surface area contributed by atoms with Crippen LogP contribution in [-0.4, -0.2) is 19.9 Å². The van der Waals surface area contributed by atoms with Crippen LogP contribution in [0.15, 0.2) is 45.5 Å². The maximum absolute atomic E-state index is 12.0. The summed E-state index contributed by atoms with van der Waals surface area (Å²) in [5.74, 6) is 0.487. The molecule has 0 saturated heterocycles. The van der Waals surface area contributed by atoms with Crippen molar-refractivity contribution in [1.29, 1.82) is 0 Å². The van der Waals surface area contributed by atoms with Crippen molar-refractivity contribution in [3.05, 3.63) is 62.5 Å². The Morgan fingerprint density at radius 2 is 2.09 bits per heavy atom. The van der Waals surface area contributed by atoms with Crippen molar-refractivity contribution in [3.63, 3.8) is 0 Å². The molecular formula is C16H10N4OS2. The fourth-order valence-electron chi connectivity index (χ4n) is 2.13. The van der Waals surface area contributed by atoms with Gasteiger partial charge in [0.2, 0.25) is 0 Å². The molecule has 1 N–H and O–H groups in total. The SMILES string of the molecule is O=c1[nH]c(C=Cc2csc(-c3ccsc3)n2)nc2cnccc12. The first-order valence-corrected chi connectivity index (χ1v) is 8.62. The molecule has 0 saturated carbocycles. The second-order valence-corrected chi connectivity index (χ2v) is 6.41. The van der Waals surface area contributed by atoms with Gasteiger partial charge in [0.25, 0.3) is 5.56 Å². The van der Waals surface area contributed by atoms with Gasteiger partial charge in [-0.05, 0) is 29.7 Å². The molecule has 0 fully saturated rings. The number of aromatic nitrogens is 4. The summed E-state index contributed by atoms with van der Waals surface area (Å²) < 4.78 is 0. The van der Waals surface area contributed by atoms with Gasteiger partial charge in [0.1, 0.15) is 10.8 Å². The zero-order valence-electron chi connectivity index (χ0n) is 11.8. The minimum Gasteiger partial charge on any atom is -0.306 e. The number of H-pyrrole nitrogens is 1. The number of rotatable bonds is 3. The van der Waals surface area contributed by atoms with Gasteiger partial charge < -0.3 is 4.98 Å². The van der Waals surface area contributed by atoms with Gasteiger partial charge in [-0.2, -0.15) is 11.3 Å². The van der Waals surface area contributed by atoms with E-state index < -0.39 is 0 Å². The summed E-state index contributed by atoms with van der Waals surface area (Å²) in [6.07, 6.45) is 6.75. The van der Waals surface area contributed by atoms with Crippen LogP contribution in [0, 0.1) is 0 Å². The van der Waals surface area contributed by atoms with Gasteiger partial charge in [-0.15, -0.1) is 11.3 Å². The van der Waals surface area contributed by atoms with Crippen LogP contribution in [0.5, 0.6) is 0 Å². The lowest BCUT2D eigenvalue weighted by molar-refractivity contribution is 1.13. The van der Waals surface area contributed by atoms with Crippen LogP contribution < -0.4 is 5.56 Å². The molecular weight excluding hydrogens is 328 g/mol. The fraction of sp³-hybridized carbons (Fsp3) is 0. The number of nitrogens with one attached hydrogen (secondary N) is 1. The largest absolute Gasteiger partial charge is 0.306 e. The van der Waals surface area contributed by atoms with E-state index in [1.165, 1.54) is 0 Å². The monoisotopic (exact) mass is 338 g/mol. The van der Waals surface area contributed by atoms with Crippen LogP contribution in [0.3, 0.4) is 0 Å². The lowest BCUT2D eigenvalue weighted by Gasteiger charge is -1.97. The fourth-order valence-corrected chi connectivity index (χ4v) is 3.63. The molecule has 0 aliphatic rings. The van der Waals surface area contributed by atoms with Crippen molar-refractivity contribution < 1.29 is 0 Å². The zero-order valence-corrected chi connectivity index (χ0v) is 13.4. The molecule has 0 radical (unpaired) electrons. The normalized spacial score (nSPS) is 11.5. The van der Waals surface area contributed by atoms with E-state index in [2.05, 4.69) is 25.3 Å². The summed E-state index contributed by atoms with van der Waals surface area (Å²) in [7, 11) is 0.